The Hall–Kier alpha value is 0.310. The first-order chi connectivity index (χ1) is 3.93. The Labute approximate surface area is 54.8 Å². The molecule has 8 heavy (non-hydrogen) atoms. The third-order valence-electron chi connectivity index (χ3n) is 1.38. The maximum absolute atomic E-state index is 4.76. The van der Waals surface area contributed by atoms with Crippen LogP contribution >= 0.6 is 11.8 Å². The van der Waals surface area contributed by atoms with E-state index in [9.17, 15) is 0 Å². The number of hydrogen-bond donors (Lipinski definition) is 0. The molecule has 2 heteroatoms. The fraction of sp³-hybridized carbons (Fsp3) is 0.833. The molecule has 0 spiro atoms. The van der Waals surface area contributed by atoms with Crippen LogP contribution in [0.25, 0.3) is 0 Å². The molecule has 0 bridgehead atoms. The van der Waals surface area contributed by atoms with Crippen molar-refractivity contribution in [3.8, 4) is 0 Å². The number of thioether (sulfide) groups is 1. The topological polar surface area (TPSA) is 9.23 Å². The molecule has 0 aromatic rings. The van der Waals surface area contributed by atoms with Crippen LogP contribution in [0.1, 0.15) is 6.42 Å². The van der Waals surface area contributed by atoms with Gasteiger partial charge in [-0.25, -0.2) is 0 Å². The zero-order valence-electron chi connectivity index (χ0n) is 4.93. The second-order valence-corrected chi connectivity index (χ2v) is 3.25. The van der Waals surface area contributed by atoms with Crippen molar-refractivity contribution in [2.75, 3.05) is 18.1 Å². The van der Waals surface area contributed by atoms with Crippen LogP contribution in [0.15, 0.2) is 0 Å². The predicted octanol–water partition coefficient (Wildman–Crippen LogP) is 1.55. The molecule has 1 saturated heterocycles. The van der Waals surface area contributed by atoms with Gasteiger partial charge in [0.1, 0.15) is 0 Å². The van der Waals surface area contributed by atoms with Crippen LogP contribution in [0.5, 0.6) is 0 Å². The molecule has 1 heterocycles. The second kappa shape index (κ2) is 3.36. The molecule has 0 aliphatic carbocycles. The van der Waals surface area contributed by atoms with E-state index in [0.29, 0.717) is 0 Å². The molecule has 1 aliphatic heterocycles. The Bertz CT molecular complexity index is 59.5. The molecule has 0 N–H and O–H groups in total. The van der Waals surface area contributed by atoms with E-state index in [4.69, 9.17) is 4.74 Å². The summed E-state index contributed by atoms with van der Waals surface area (Å²) in [5.74, 6) is 3.38. The summed E-state index contributed by atoms with van der Waals surface area (Å²) < 4.78 is 4.76. The Morgan fingerprint density at radius 1 is 1.75 bits per heavy atom. The van der Waals surface area contributed by atoms with Gasteiger partial charge in [-0.15, -0.1) is 0 Å². The minimum absolute atomic E-state index is 0.789. The maximum atomic E-state index is 4.76. The standard InChI is InChI=1S/C6H11OS/c1-7-4-6-2-3-8-5-6/h6H,1-5H2. The monoisotopic (exact) mass is 131 g/mol. The largest absolute Gasteiger partial charge is 0.379 e. The van der Waals surface area contributed by atoms with Crippen LogP contribution in [-0.4, -0.2) is 18.1 Å². The predicted molar refractivity (Wildman–Crippen MR) is 36.7 cm³/mol. The van der Waals surface area contributed by atoms with Crippen molar-refractivity contribution in [3.05, 3.63) is 7.11 Å². The number of rotatable bonds is 2. The summed E-state index contributed by atoms with van der Waals surface area (Å²) in [7, 11) is 3.34. The zero-order valence-corrected chi connectivity index (χ0v) is 5.75. The molecule has 0 aromatic heterocycles. The van der Waals surface area contributed by atoms with E-state index >= 15 is 0 Å². The van der Waals surface area contributed by atoms with Crippen LogP contribution in [0.4, 0.5) is 0 Å². The van der Waals surface area contributed by atoms with E-state index in [-0.39, 0.29) is 0 Å². The van der Waals surface area contributed by atoms with Gasteiger partial charge in [-0.1, -0.05) is 0 Å². The molecule has 1 aliphatic rings. The first-order valence-corrected chi connectivity index (χ1v) is 4.03. The van der Waals surface area contributed by atoms with E-state index in [1.807, 2.05) is 11.8 Å². The Balaban J connectivity index is 2.06. The van der Waals surface area contributed by atoms with Gasteiger partial charge in [-0.05, 0) is 23.8 Å². The Morgan fingerprint density at radius 2 is 2.62 bits per heavy atom. The van der Waals surface area contributed by atoms with Gasteiger partial charge in [0.2, 0.25) is 0 Å². The lowest BCUT2D eigenvalue weighted by atomic mass is 10.1. The third kappa shape index (κ3) is 1.67. The Morgan fingerprint density at radius 3 is 3.12 bits per heavy atom. The molecule has 0 saturated carbocycles. The average Bonchev–Trinajstić information content (AvgIpc) is 2.19. The van der Waals surface area contributed by atoms with Gasteiger partial charge >= 0.3 is 0 Å². The minimum atomic E-state index is 0.789. The summed E-state index contributed by atoms with van der Waals surface area (Å²) in [6, 6.07) is 0. The van der Waals surface area contributed by atoms with Crippen molar-refractivity contribution in [3.63, 3.8) is 0 Å². The normalized spacial score (nSPS) is 28.9. The van der Waals surface area contributed by atoms with Crippen LogP contribution in [0.3, 0.4) is 0 Å². The summed E-state index contributed by atoms with van der Waals surface area (Å²) in [6.45, 7) is 0.854. The molecule has 1 fully saturated rings. The lowest BCUT2D eigenvalue weighted by Gasteiger charge is -2.03. The van der Waals surface area contributed by atoms with Gasteiger partial charge in [0.05, 0.1) is 13.7 Å². The van der Waals surface area contributed by atoms with Gasteiger partial charge in [0.15, 0.2) is 0 Å². The molecule has 1 radical (unpaired) electrons. The van der Waals surface area contributed by atoms with Crippen LogP contribution in [0.2, 0.25) is 0 Å². The smallest absolute Gasteiger partial charge is 0.0700 e. The molecule has 47 valence electrons. The summed E-state index contributed by atoms with van der Waals surface area (Å²) in [6.07, 6.45) is 1.32. The molecule has 1 nitrogen and oxygen atoms in total. The molecule has 0 aromatic carbocycles. The van der Waals surface area contributed by atoms with Crippen LogP contribution in [0, 0.1) is 13.0 Å². The van der Waals surface area contributed by atoms with Gasteiger partial charge < -0.3 is 4.74 Å². The molecule has 1 unspecified atom stereocenters. The van der Waals surface area contributed by atoms with Crippen molar-refractivity contribution >= 4 is 11.8 Å². The van der Waals surface area contributed by atoms with E-state index in [1.165, 1.54) is 17.9 Å². The average molecular weight is 131 g/mol. The second-order valence-electron chi connectivity index (χ2n) is 2.10. The highest BCUT2D eigenvalue weighted by Gasteiger charge is 2.13. The summed E-state index contributed by atoms with van der Waals surface area (Å²) >= 11 is 2.01. The molecular formula is C6H11OS. The number of ether oxygens (including phenoxy) is 1. The molecular weight excluding hydrogens is 120 g/mol. The zero-order chi connectivity index (χ0) is 5.82. The quantitative estimate of drug-likeness (QED) is 0.562. The van der Waals surface area contributed by atoms with E-state index < -0.39 is 0 Å². The first kappa shape index (κ1) is 6.43. The fourth-order valence-electron chi connectivity index (χ4n) is 0.881. The van der Waals surface area contributed by atoms with Gasteiger partial charge in [0, 0.05) is 0 Å². The van der Waals surface area contributed by atoms with Crippen molar-refractivity contribution < 1.29 is 4.74 Å². The highest BCUT2D eigenvalue weighted by molar-refractivity contribution is 7.99. The van der Waals surface area contributed by atoms with Crippen LogP contribution in [-0.2, 0) is 4.74 Å². The molecule has 1 atom stereocenters. The SMILES string of the molecule is [CH2]OCC1CCSC1. The van der Waals surface area contributed by atoms with Crippen molar-refractivity contribution in [2.24, 2.45) is 5.92 Å². The van der Waals surface area contributed by atoms with E-state index in [0.717, 1.165) is 12.5 Å². The summed E-state index contributed by atoms with van der Waals surface area (Å²) in [5.41, 5.74) is 0. The summed E-state index contributed by atoms with van der Waals surface area (Å²) in [5, 5.41) is 0. The lowest BCUT2D eigenvalue weighted by molar-refractivity contribution is 0.199. The molecule has 0 amide bonds. The molecule has 1 rings (SSSR count). The summed E-state index contributed by atoms with van der Waals surface area (Å²) in [4.78, 5) is 0. The van der Waals surface area contributed by atoms with Crippen molar-refractivity contribution in [1.29, 1.82) is 0 Å². The van der Waals surface area contributed by atoms with Crippen molar-refractivity contribution in [1.82, 2.24) is 0 Å². The lowest BCUT2D eigenvalue weighted by Crippen LogP contribution is -2.04. The number of hydrogen-bond acceptors (Lipinski definition) is 2. The fourth-order valence-corrected chi connectivity index (χ4v) is 2.14. The van der Waals surface area contributed by atoms with Gasteiger partial charge in [0.25, 0.3) is 0 Å². The van der Waals surface area contributed by atoms with Gasteiger partial charge in [-0.3, -0.25) is 0 Å². The highest BCUT2D eigenvalue weighted by atomic mass is 32.2. The Kier molecular flexibility index (Phi) is 2.70. The third-order valence-corrected chi connectivity index (χ3v) is 2.61. The van der Waals surface area contributed by atoms with E-state index in [2.05, 4.69) is 7.11 Å². The first-order valence-electron chi connectivity index (χ1n) is 2.88. The minimum Gasteiger partial charge on any atom is -0.379 e. The van der Waals surface area contributed by atoms with Crippen LogP contribution < -0.4 is 0 Å². The van der Waals surface area contributed by atoms with E-state index in [1.54, 1.807) is 0 Å². The van der Waals surface area contributed by atoms with Crippen molar-refractivity contribution in [2.45, 2.75) is 6.42 Å². The van der Waals surface area contributed by atoms with Gasteiger partial charge in [-0.2, -0.15) is 11.8 Å². The maximum Gasteiger partial charge on any atom is 0.0700 e. The highest BCUT2D eigenvalue weighted by Crippen LogP contribution is 2.22.